The van der Waals surface area contributed by atoms with Gasteiger partial charge in [0.15, 0.2) is 0 Å². The summed E-state index contributed by atoms with van der Waals surface area (Å²) in [5, 5.41) is 10.5. The zero-order chi connectivity index (χ0) is 18.0. The van der Waals surface area contributed by atoms with Crippen molar-refractivity contribution >= 4 is 0 Å². The highest BCUT2D eigenvalue weighted by atomic mass is 19.1. The predicted molar refractivity (Wildman–Crippen MR) is 100 cm³/mol. The fourth-order valence-corrected chi connectivity index (χ4v) is 3.73. The number of benzene rings is 2. The lowest BCUT2D eigenvalue weighted by atomic mass is 9.78. The smallest absolute Gasteiger partial charge is 0.130 e. The predicted octanol–water partition coefficient (Wildman–Crippen LogP) is 6.36. The Morgan fingerprint density at radius 2 is 1.42 bits per heavy atom. The minimum Gasteiger partial charge on any atom is -0.389 e. The van der Waals surface area contributed by atoms with Gasteiger partial charge in [0.2, 0.25) is 0 Å². The fraction of sp³-hybridized carbons (Fsp3) is 0.455. The highest BCUT2D eigenvalue weighted by molar-refractivity contribution is 5.75. The van der Waals surface area contributed by atoms with Gasteiger partial charge in [-0.05, 0) is 58.6 Å². The third-order valence-electron chi connectivity index (χ3n) is 4.65. The molecular formula is C22H29FO. The summed E-state index contributed by atoms with van der Waals surface area (Å²) in [6.45, 7) is 11.9. The molecular weight excluding hydrogens is 299 g/mol. The summed E-state index contributed by atoms with van der Waals surface area (Å²) in [4.78, 5) is 0. The van der Waals surface area contributed by atoms with Gasteiger partial charge in [-0.1, -0.05) is 65.0 Å². The van der Waals surface area contributed by atoms with E-state index in [2.05, 4.69) is 6.92 Å². The zero-order valence-electron chi connectivity index (χ0n) is 15.7. The molecule has 1 unspecified atom stereocenters. The van der Waals surface area contributed by atoms with Crippen LogP contribution >= 0.6 is 0 Å². The molecule has 0 bridgehead atoms. The van der Waals surface area contributed by atoms with Crippen LogP contribution in [0.3, 0.4) is 0 Å². The molecule has 0 heterocycles. The van der Waals surface area contributed by atoms with E-state index in [0.717, 1.165) is 34.2 Å². The van der Waals surface area contributed by atoms with Crippen molar-refractivity contribution in [3.63, 3.8) is 0 Å². The van der Waals surface area contributed by atoms with E-state index in [1.807, 2.05) is 58.0 Å². The minimum absolute atomic E-state index is 0.0143. The maximum absolute atomic E-state index is 15.4. The summed E-state index contributed by atoms with van der Waals surface area (Å²) in [5.41, 5.74) is 5.29. The summed E-state index contributed by atoms with van der Waals surface area (Å²) in [6.07, 6.45) is 0.0332. The fourth-order valence-electron chi connectivity index (χ4n) is 3.73. The summed E-state index contributed by atoms with van der Waals surface area (Å²) < 4.78 is 15.4. The number of aliphatic hydroxyl groups excluding tert-OH is 1. The molecule has 0 saturated carbocycles. The molecule has 0 aliphatic heterocycles. The first-order chi connectivity index (χ1) is 11.3. The van der Waals surface area contributed by atoms with Crippen LogP contribution in [0.4, 0.5) is 4.39 Å². The quantitative estimate of drug-likeness (QED) is 0.677. The van der Waals surface area contributed by atoms with Crippen molar-refractivity contribution in [2.45, 2.75) is 65.9 Å². The van der Waals surface area contributed by atoms with Crippen LogP contribution in [0.5, 0.6) is 0 Å². The lowest BCUT2D eigenvalue weighted by Gasteiger charge is -2.28. The largest absolute Gasteiger partial charge is 0.389 e. The van der Waals surface area contributed by atoms with Gasteiger partial charge in [-0.3, -0.25) is 0 Å². The van der Waals surface area contributed by atoms with Crippen LogP contribution in [-0.2, 0) is 6.42 Å². The van der Waals surface area contributed by atoms with Crippen molar-refractivity contribution in [2.75, 3.05) is 0 Å². The Hall–Kier alpha value is -1.67. The Morgan fingerprint density at radius 1 is 0.875 bits per heavy atom. The van der Waals surface area contributed by atoms with E-state index < -0.39 is 6.10 Å². The zero-order valence-corrected chi connectivity index (χ0v) is 15.7. The molecule has 2 aromatic rings. The maximum atomic E-state index is 15.4. The Morgan fingerprint density at radius 3 is 1.83 bits per heavy atom. The van der Waals surface area contributed by atoms with Gasteiger partial charge < -0.3 is 5.11 Å². The molecule has 130 valence electrons. The SMILES string of the molecule is CCc1c(-c2ccccc2)c(C(C)O)c(C(C)C)c(F)c1C(C)C. The van der Waals surface area contributed by atoms with E-state index in [4.69, 9.17) is 0 Å². The Balaban J connectivity index is 3.04. The molecule has 0 radical (unpaired) electrons. The van der Waals surface area contributed by atoms with Gasteiger partial charge in [0, 0.05) is 0 Å². The van der Waals surface area contributed by atoms with Gasteiger partial charge in [-0.2, -0.15) is 0 Å². The summed E-state index contributed by atoms with van der Waals surface area (Å²) in [5.74, 6) is -0.0177. The summed E-state index contributed by atoms with van der Waals surface area (Å²) in [7, 11) is 0. The number of halogens is 1. The average Bonchev–Trinajstić information content (AvgIpc) is 2.53. The second-order valence-corrected chi connectivity index (χ2v) is 7.11. The van der Waals surface area contributed by atoms with E-state index >= 15 is 4.39 Å². The van der Waals surface area contributed by atoms with Gasteiger partial charge in [-0.25, -0.2) is 4.39 Å². The molecule has 1 atom stereocenters. The molecule has 0 fully saturated rings. The molecule has 24 heavy (non-hydrogen) atoms. The van der Waals surface area contributed by atoms with Crippen molar-refractivity contribution in [1.82, 2.24) is 0 Å². The number of rotatable bonds is 5. The highest BCUT2D eigenvalue weighted by Gasteiger charge is 2.28. The first kappa shape index (κ1) is 18.7. The van der Waals surface area contributed by atoms with Crippen molar-refractivity contribution in [3.05, 3.63) is 58.4 Å². The monoisotopic (exact) mass is 328 g/mol. The van der Waals surface area contributed by atoms with Crippen molar-refractivity contribution in [1.29, 1.82) is 0 Å². The van der Waals surface area contributed by atoms with Crippen LogP contribution in [0.25, 0.3) is 11.1 Å². The maximum Gasteiger partial charge on any atom is 0.130 e. The normalized spacial score (nSPS) is 12.9. The first-order valence-corrected chi connectivity index (χ1v) is 8.92. The molecule has 0 aliphatic carbocycles. The van der Waals surface area contributed by atoms with Gasteiger partial charge >= 0.3 is 0 Å². The van der Waals surface area contributed by atoms with Crippen molar-refractivity contribution in [2.24, 2.45) is 0 Å². The Labute approximate surface area is 145 Å². The number of aliphatic hydroxyl groups is 1. The molecule has 0 spiro atoms. The molecule has 0 amide bonds. The first-order valence-electron chi connectivity index (χ1n) is 8.92. The third-order valence-corrected chi connectivity index (χ3v) is 4.65. The molecule has 1 nitrogen and oxygen atoms in total. The van der Waals surface area contributed by atoms with Crippen molar-refractivity contribution < 1.29 is 9.50 Å². The van der Waals surface area contributed by atoms with Gasteiger partial charge in [-0.15, -0.1) is 0 Å². The second-order valence-electron chi connectivity index (χ2n) is 7.11. The number of hydrogen-bond donors (Lipinski definition) is 1. The number of hydrogen-bond acceptors (Lipinski definition) is 1. The van der Waals surface area contributed by atoms with Gasteiger partial charge in [0.05, 0.1) is 6.10 Å². The molecule has 0 saturated heterocycles. The van der Waals surface area contributed by atoms with Gasteiger partial charge in [0.1, 0.15) is 5.82 Å². The topological polar surface area (TPSA) is 20.2 Å². The van der Waals surface area contributed by atoms with Crippen LogP contribution < -0.4 is 0 Å². The van der Waals surface area contributed by atoms with Crippen LogP contribution in [0.15, 0.2) is 30.3 Å². The minimum atomic E-state index is -0.710. The van der Waals surface area contributed by atoms with E-state index in [1.165, 1.54) is 0 Å². The van der Waals surface area contributed by atoms with Crippen LogP contribution in [-0.4, -0.2) is 5.11 Å². The Kier molecular flexibility index (Phi) is 5.82. The highest BCUT2D eigenvalue weighted by Crippen LogP contribution is 2.43. The molecule has 2 heteroatoms. The molecule has 0 aliphatic rings. The summed E-state index contributed by atoms with van der Waals surface area (Å²) >= 11 is 0. The van der Waals surface area contributed by atoms with E-state index in [-0.39, 0.29) is 17.7 Å². The van der Waals surface area contributed by atoms with Crippen LogP contribution in [0.1, 0.15) is 81.7 Å². The lowest BCUT2D eigenvalue weighted by molar-refractivity contribution is 0.197. The van der Waals surface area contributed by atoms with E-state index in [1.54, 1.807) is 6.92 Å². The second kappa shape index (κ2) is 7.48. The molecule has 1 N–H and O–H groups in total. The standard InChI is InChI=1S/C22H29FO/c1-7-17-18(13(2)3)22(23)19(14(4)5)20(15(6)24)21(17)16-11-9-8-10-12-16/h8-15,24H,7H2,1-6H3. The molecule has 2 rings (SSSR count). The third kappa shape index (κ3) is 3.25. The van der Waals surface area contributed by atoms with E-state index in [9.17, 15) is 5.11 Å². The van der Waals surface area contributed by atoms with Crippen LogP contribution in [0, 0.1) is 5.82 Å². The van der Waals surface area contributed by atoms with Crippen LogP contribution in [0.2, 0.25) is 0 Å². The lowest BCUT2D eigenvalue weighted by Crippen LogP contribution is -2.14. The Bertz CT molecular complexity index is 700. The van der Waals surface area contributed by atoms with E-state index in [0.29, 0.717) is 5.56 Å². The van der Waals surface area contributed by atoms with Gasteiger partial charge in [0.25, 0.3) is 0 Å². The molecule has 2 aromatic carbocycles. The molecule has 0 aromatic heterocycles. The van der Waals surface area contributed by atoms with Crippen molar-refractivity contribution in [3.8, 4) is 11.1 Å². The summed E-state index contributed by atoms with van der Waals surface area (Å²) in [6, 6.07) is 10.1. The average molecular weight is 328 g/mol.